The van der Waals surface area contributed by atoms with E-state index in [4.69, 9.17) is 10.9 Å². The van der Waals surface area contributed by atoms with Gasteiger partial charge in [0.05, 0.1) is 6.04 Å². The molecule has 0 aromatic rings. The highest BCUT2D eigenvalue weighted by Gasteiger charge is 2.10. The van der Waals surface area contributed by atoms with E-state index in [1.54, 1.807) is 0 Å². The summed E-state index contributed by atoms with van der Waals surface area (Å²) in [4.78, 5) is 10.5. The second kappa shape index (κ2) is 5.20. The highest BCUT2D eigenvalue weighted by atomic mass is 16.5. The fourth-order valence-corrected chi connectivity index (χ4v) is 0.638. The summed E-state index contributed by atoms with van der Waals surface area (Å²) in [5.41, 5.74) is 6.85. The van der Waals surface area contributed by atoms with Crippen LogP contribution in [0.1, 0.15) is 26.2 Å². The van der Waals surface area contributed by atoms with E-state index in [0.29, 0.717) is 6.42 Å². The average Bonchev–Trinajstić information content (AvgIpc) is 1.98. The molecule has 1 amide bonds. The number of hydroxylamine groups is 1. The molecule has 0 aliphatic heterocycles. The van der Waals surface area contributed by atoms with Crippen LogP contribution in [0.25, 0.3) is 0 Å². The molecule has 1 atom stereocenters. The highest BCUT2D eigenvalue weighted by molar-refractivity contribution is 5.80. The van der Waals surface area contributed by atoms with Crippen LogP contribution in [-0.4, -0.2) is 17.2 Å². The Morgan fingerprint density at radius 2 is 2.40 bits per heavy atom. The lowest BCUT2D eigenvalue weighted by Crippen LogP contribution is -2.38. The van der Waals surface area contributed by atoms with Crippen LogP contribution in [0.4, 0.5) is 0 Å². The Hall–Kier alpha value is -0.610. The second-order valence-electron chi connectivity index (χ2n) is 2.22. The number of carbonyl (C=O) groups excluding carboxylic acids is 1. The summed E-state index contributed by atoms with van der Waals surface area (Å²) in [6, 6.07) is -0.565. The van der Waals surface area contributed by atoms with Gasteiger partial charge in [0.2, 0.25) is 0 Å². The maximum atomic E-state index is 10.5. The number of nitrogens with two attached hydrogens (primary N) is 1. The lowest BCUT2D eigenvalue weighted by atomic mass is 10.1. The molecule has 0 aliphatic carbocycles. The van der Waals surface area contributed by atoms with Crippen LogP contribution in [-0.2, 0) is 4.79 Å². The van der Waals surface area contributed by atoms with Crippen molar-refractivity contribution in [2.45, 2.75) is 32.2 Å². The van der Waals surface area contributed by atoms with E-state index in [2.05, 4.69) is 0 Å². The summed E-state index contributed by atoms with van der Waals surface area (Å²) in [6.45, 7) is 2.02. The van der Waals surface area contributed by atoms with Crippen molar-refractivity contribution < 1.29 is 10.0 Å². The fourth-order valence-electron chi connectivity index (χ4n) is 0.638. The first kappa shape index (κ1) is 9.39. The molecule has 0 bridgehead atoms. The van der Waals surface area contributed by atoms with Crippen molar-refractivity contribution in [1.82, 2.24) is 5.48 Å². The van der Waals surface area contributed by atoms with Crippen LogP contribution < -0.4 is 11.2 Å². The molecule has 1 unspecified atom stereocenters. The summed E-state index contributed by atoms with van der Waals surface area (Å²) >= 11 is 0. The summed E-state index contributed by atoms with van der Waals surface area (Å²) in [6.07, 6.45) is 2.55. The van der Waals surface area contributed by atoms with E-state index in [-0.39, 0.29) is 0 Å². The van der Waals surface area contributed by atoms with E-state index in [9.17, 15) is 4.79 Å². The molecule has 0 aromatic heterocycles. The van der Waals surface area contributed by atoms with Crippen LogP contribution in [0.5, 0.6) is 0 Å². The Morgan fingerprint density at radius 1 is 1.80 bits per heavy atom. The van der Waals surface area contributed by atoms with Crippen molar-refractivity contribution >= 4 is 5.91 Å². The Balaban J connectivity index is 3.41. The first-order valence-corrected chi connectivity index (χ1v) is 3.42. The molecule has 4 nitrogen and oxygen atoms in total. The minimum absolute atomic E-state index is 0.506. The molecular weight excluding hydrogens is 132 g/mol. The smallest absolute Gasteiger partial charge is 0.260 e. The lowest BCUT2D eigenvalue weighted by molar-refractivity contribution is -0.130. The first-order chi connectivity index (χ1) is 4.72. The van der Waals surface area contributed by atoms with E-state index < -0.39 is 11.9 Å². The first-order valence-electron chi connectivity index (χ1n) is 3.42. The standard InChI is InChI=1S/C6H14N2O2/c1-2-3-4-5(7)6(9)8-10/h5,10H,2-4,7H2,1H3,(H,8,9). The Kier molecular flexibility index (Phi) is 4.88. The van der Waals surface area contributed by atoms with Crippen molar-refractivity contribution in [3.05, 3.63) is 0 Å². The zero-order chi connectivity index (χ0) is 7.98. The van der Waals surface area contributed by atoms with Gasteiger partial charge < -0.3 is 5.73 Å². The maximum absolute atomic E-state index is 10.5. The molecule has 60 valence electrons. The van der Waals surface area contributed by atoms with E-state index in [1.807, 2.05) is 6.92 Å². The van der Waals surface area contributed by atoms with Crippen molar-refractivity contribution in [2.24, 2.45) is 5.73 Å². The summed E-state index contributed by atoms with van der Waals surface area (Å²) in [7, 11) is 0. The number of hydrogen-bond donors (Lipinski definition) is 3. The molecule has 0 saturated heterocycles. The lowest BCUT2D eigenvalue weighted by Gasteiger charge is -2.06. The van der Waals surface area contributed by atoms with E-state index in [0.717, 1.165) is 12.8 Å². The molecule has 4 N–H and O–H groups in total. The largest absolute Gasteiger partial charge is 0.320 e. The van der Waals surface area contributed by atoms with Crippen LogP contribution in [0.15, 0.2) is 0 Å². The van der Waals surface area contributed by atoms with Crippen molar-refractivity contribution in [1.29, 1.82) is 0 Å². The quantitative estimate of drug-likeness (QED) is 0.386. The zero-order valence-electron chi connectivity index (χ0n) is 6.13. The van der Waals surface area contributed by atoms with Gasteiger partial charge in [-0.1, -0.05) is 19.8 Å². The third-order valence-corrected chi connectivity index (χ3v) is 1.32. The van der Waals surface area contributed by atoms with Gasteiger partial charge in [-0.2, -0.15) is 0 Å². The molecule has 0 heterocycles. The predicted molar refractivity (Wildman–Crippen MR) is 37.4 cm³/mol. The predicted octanol–water partition coefficient (Wildman–Crippen LogP) is 0.00930. The fraction of sp³-hybridized carbons (Fsp3) is 0.833. The van der Waals surface area contributed by atoms with Gasteiger partial charge in [-0.05, 0) is 6.42 Å². The number of rotatable bonds is 4. The third-order valence-electron chi connectivity index (χ3n) is 1.32. The van der Waals surface area contributed by atoms with Gasteiger partial charge in [-0.15, -0.1) is 0 Å². The minimum atomic E-state index is -0.565. The van der Waals surface area contributed by atoms with Crippen LogP contribution >= 0.6 is 0 Å². The Morgan fingerprint density at radius 3 is 2.80 bits per heavy atom. The zero-order valence-corrected chi connectivity index (χ0v) is 6.13. The molecule has 0 spiro atoms. The molecule has 10 heavy (non-hydrogen) atoms. The topological polar surface area (TPSA) is 75.4 Å². The summed E-state index contributed by atoms with van der Waals surface area (Å²) in [5, 5.41) is 8.12. The van der Waals surface area contributed by atoms with Gasteiger partial charge in [-0.3, -0.25) is 10.0 Å². The van der Waals surface area contributed by atoms with Crippen LogP contribution in [0.2, 0.25) is 0 Å². The van der Waals surface area contributed by atoms with Crippen LogP contribution in [0.3, 0.4) is 0 Å². The molecule has 0 aliphatic rings. The van der Waals surface area contributed by atoms with Crippen molar-refractivity contribution in [3.63, 3.8) is 0 Å². The Labute approximate surface area is 60.4 Å². The highest BCUT2D eigenvalue weighted by Crippen LogP contribution is 1.97. The van der Waals surface area contributed by atoms with E-state index in [1.165, 1.54) is 5.48 Å². The average molecular weight is 146 g/mol. The number of amides is 1. The van der Waals surface area contributed by atoms with Gasteiger partial charge in [0.1, 0.15) is 0 Å². The molecule has 0 saturated carbocycles. The van der Waals surface area contributed by atoms with E-state index >= 15 is 0 Å². The molecular formula is C6H14N2O2. The van der Waals surface area contributed by atoms with Gasteiger partial charge in [0, 0.05) is 0 Å². The van der Waals surface area contributed by atoms with Crippen LogP contribution in [0, 0.1) is 0 Å². The number of unbranched alkanes of at least 4 members (excludes halogenated alkanes) is 1. The molecule has 0 aromatic carbocycles. The third kappa shape index (κ3) is 3.42. The maximum Gasteiger partial charge on any atom is 0.260 e. The monoisotopic (exact) mass is 146 g/mol. The van der Waals surface area contributed by atoms with Gasteiger partial charge in [0.15, 0.2) is 0 Å². The molecule has 0 fully saturated rings. The normalized spacial score (nSPS) is 12.7. The summed E-state index contributed by atoms with van der Waals surface area (Å²) < 4.78 is 0. The van der Waals surface area contributed by atoms with Gasteiger partial charge in [-0.25, -0.2) is 5.48 Å². The second-order valence-corrected chi connectivity index (χ2v) is 2.22. The molecule has 0 radical (unpaired) electrons. The number of carbonyl (C=O) groups is 1. The minimum Gasteiger partial charge on any atom is -0.320 e. The molecule has 4 heteroatoms. The van der Waals surface area contributed by atoms with Crippen molar-refractivity contribution in [3.8, 4) is 0 Å². The Bertz CT molecular complexity index is 106. The molecule has 0 rings (SSSR count). The SMILES string of the molecule is CCCCC(N)C(=O)NO. The van der Waals surface area contributed by atoms with Gasteiger partial charge in [0.25, 0.3) is 5.91 Å². The van der Waals surface area contributed by atoms with Gasteiger partial charge >= 0.3 is 0 Å². The summed E-state index contributed by atoms with van der Waals surface area (Å²) in [5.74, 6) is -0.506. The van der Waals surface area contributed by atoms with Crippen molar-refractivity contribution in [2.75, 3.05) is 0 Å². The number of nitrogens with one attached hydrogen (secondary N) is 1. The number of hydrogen-bond acceptors (Lipinski definition) is 3.